The van der Waals surface area contributed by atoms with Crippen molar-refractivity contribution in [3.8, 4) is 0 Å². The molecule has 1 amide bonds. The van der Waals surface area contributed by atoms with Crippen LogP contribution in [0.1, 0.15) is 92.6 Å². The summed E-state index contributed by atoms with van der Waals surface area (Å²) >= 11 is 0. The van der Waals surface area contributed by atoms with E-state index < -0.39 is 11.7 Å². The highest BCUT2D eigenvalue weighted by molar-refractivity contribution is 5.99. The van der Waals surface area contributed by atoms with E-state index in [4.69, 9.17) is 0 Å². The number of halogens is 3. The third-order valence-corrected chi connectivity index (χ3v) is 10.4. The van der Waals surface area contributed by atoms with Gasteiger partial charge in [-0.25, -0.2) is 10.0 Å². The Bertz CT molecular complexity index is 1030. The molecule has 4 fully saturated rings. The SMILES string of the molecule is C[C@@H]1[C@@H](C2N(C)CN3CCCCCCCCN23)[C@H]1C1CCCC(N2Cc3c(cccc3C(F)(F)F)C2=O)C1. The van der Waals surface area contributed by atoms with Crippen LogP contribution >= 0.6 is 0 Å². The largest absolute Gasteiger partial charge is 0.416 e. The summed E-state index contributed by atoms with van der Waals surface area (Å²) in [5.41, 5.74) is -0.236. The molecule has 3 unspecified atom stereocenters. The summed E-state index contributed by atoms with van der Waals surface area (Å²) in [6.45, 7) is 5.80. The fourth-order valence-electron chi connectivity index (χ4n) is 8.55. The maximum Gasteiger partial charge on any atom is 0.416 e. The minimum Gasteiger partial charge on any atom is -0.331 e. The quantitative estimate of drug-likeness (QED) is 0.464. The molecule has 0 spiro atoms. The highest BCUT2D eigenvalue weighted by atomic mass is 19.4. The van der Waals surface area contributed by atoms with E-state index in [0.29, 0.717) is 29.8 Å². The number of alkyl halides is 3. The molecule has 0 bridgehead atoms. The number of carbonyl (C=O) groups excluding carboxylic acids is 1. The molecule has 5 nitrogen and oxygen atoms in total. The first-order chi connectivity index (χ1) is 18.3. The number of benzene rings is 1. The second kappa shape index (κ2) is 10.4. The van der Waals surface area contributed by atoms with E-state index >= 15 is 0 Å². The molecular weight excluding hydrogens is 489 g/mol. The van der Waals surface area contributed by atoms with Crippen LogP contribution in [-0.4, -0.2) is 64.7 Å². The van der Waals surface area contributed by atoms with Gasteiger partial charge in [0.05, 0.1) is 18.4 Å². The number of hydrazine groups is 1. The number of rotatable bonds is 3. The highest BCUT2D eigenvalue weighted by Crippen LogP contribution is 2.58. The first-order valence-corrected chi connectivity index (χ1v) is 15.0. The van der Waals surface area contributed by atoms with Crippen LogP contribution in [0.3, 0.4) is 0 Å². The zero-order valence-electron chi connectivity index (χ0n) is 22.9. The average molecular weight is 533 g/mol. The Kier molecular flexibility index (Phi) is 7.27. The minimum atomic E-state index is -4.43. The van der Waals surface area contributed by atoms with Crippen molar-refractivity contribution >= 4 is 5.91 Å². The molecule has 210 valence electrons. The van der Waals surface area contributed by atoms with Crippen molar-refractivity contribution in [2.75, 3.05) is 26.8 Å². The molecule has 3 aliphatic heterocycles. The zero-order valence-corrected chi connectivity index (χ0v) is 22.9. The molecule has 0 radical (unpaired) electrons. The van der Waals surface area contributed by atoms with Crippen molar-refractivity contribution < 1.29 is 18.0 Å². The molecule has 5 aliphatic rings. The van der Waals surface area contributed by atoms with E-state index in [-0.39, 0.29) is 29.6 Å². The van der Waals surface area contributed by atoms with Crippen molar-refractivity contribution in [2.45, 2.75) is 96.1 Å². The van der Waals surface area contributed by atoms with Gasteiger partial charge in [-0.1, -0.05) is 51.5 Å². The van der Waals surface area contributed by atoms with Gasteiger partial charge in [-0.2, -0.15) is 13.2 Å². The van der Waals surface area contributed by atoms with Crippen molar-refractivity contribution in [1.29, 1.82) is 0 Å². The molecule has 1 aromatic carbocycles. The topological polar surface area (TPSA) is 30.0 Å². The third-order valence-electron chi connectivity index (χ3n) is 10.4. The number of amides is 1. The van der Waals surface area contributed by atoms with E-state index in [1.165, 1.54) is 51.0 Å². The lowest BCUT2D eigenvalue weighted by Gasteiger charge is -2.37. The Balaban J connectivity index is 1.15. The van der Waals surface area contributed by atoms with Gasteiger partial charge in [0.15, 0.2) is 0 Å². The van der Waals surface area contributed by atoms with E-state index in [2.05, 4.69) is 28.9 Å². The lowest BCUT2D eigenvalue weighted by atomic mass is 9.81. The fourth-order valence-corrected chi connectivity index (χ4v) is 8.55. The maximum absolute atomic E-state index is 13.6. The van der Waals surface area contributed by atoms with Gasteiger partial charge in [-0.15, -0.1) is 0 Å². The summed E-state index contributed by atoms with van der Waals surface area (Å²) in [5, 5.41) is 5.28. The summed E-state index contributed by atoms with van der Waals surface area (Å²) in [6.07, 6.45) is 7.94. The first-order valence-electron chi connectivity index (χ1n) is 15.0. The highest BCUT2D eigenvalue weighted by Gasteiger charge is 2.59. The summed E-state index contributed by atoms with van der Waals surface area (Å²) in [7, 11) is 2.28. The van der Waals surface area contributed by atoms with Gasteiger partial charge in [0.1, 0.15) is 0 Å². The van der Waals surface area contributed by atoms with Crippen LogP contribution in [0.5, 0.6) is 0 Å². The standard InChI is InChI=1S/C30H43F3N4O/c1-20-26(27(20)28-34(2)19-35-15-7-5-3-4-6-8-16-37(28)35)21-11-9-12-22(17-21)36-18-24-23(29(36)38)13-10-14-25(24)30(31,32)33/h10,13-14,20-22,26-28H,3-9,11-12,15-19H2,1-2H3/t20-,21?,22?,26+,27+,28?/m0/s1. The van der Waals surface area contributed by atoms with Crippen LogP contribution in [0, 0.1) is 23.7 Å². The monoisotopic (exact) mass is 532 g/mol. The average Bonchev–Trinajstić information content (AvgIpc) is 3.26. The fraction of sp³-hybridized carbons (Fsp3) is 0.767. The van der Waals surface area contributed by atoms with Gasteiger partial charge in [0.2, 0.25) is 0 Å². The zero-order chi connectivity index (χ0) is 26.6. The summed E-state index contributed by atoms with van der Waals surface area (Å²) in [4.78, 5) is 17.6. The summed E-state index contributed by atoms with van der Waals surface area (Å²) in [6, 6.07) is 4.10. The Labute approximate surface area is 225 Å². The lowest BCUT2D eigenvalue weighted by molar-refractivity contribution is -0.138. The molecule has 38 heavy (non-hydrogen) atoms. The molecule has 1 aromatic rings. The molecule has 2 saturated carbocycles. The summed E-state index contributed by atoms with van der Waals surface area (Å²) < 4.78 is 40.9. The normalized spacial score (nSPS) is 35.8. The van der Waals surface area contributed by atoms with Gasteiger partial charge in [-0.3, -0.25) is 9.69 Å². The van der Waals surface area contributed by atoms with Crippen molar-refractivity contribution in [1.82, 2.24) is 19.8 Å². The summed E-state index contributed by atoms with van der Waals surface area (Å²) in [5.74, 6) is 2.22. The van der Waals surface area contributed by atoms with Crippen molar-refractivity contribution in [3.05, 3.63) is 34.9 Å². The predicted molar refractivity (Wildman–Crippen MR) is 141 cm³/mol. The van der Waals surface area contributed by atoms with E-state index in [0.717, 1.165) is 45.1 Å². The van der Waals surface area contributed by atoms with Crippen LogP contribution in [0.25, 0.3) is 0 Å². The Morgan fingerprint density at radius 2 is 1.66 bits per heavy atom. The van der Waals surface area contributed by atoms with Crippen molar-refractivity contribution in [3.63, 3.8) is 0 Å². The minimum absolute atomic E-state index is 0.0370. The van der Waals surface area contributed by atoms with Gasteiger partial charge in [0, 0.05) is 31.2 Å². The first kappa shape index (κ1) is 26.6. The lowest BCUT2D eigenvalue weighted by Crippen LogP contribution is -2.45. The number of hydrogen-bond acceptors (Lipinski definition) is 4. The molecule has 6 atom stereocenters. The molecule has 2 saturated heterocycles. The molecular formula is C30H43F3N4O. The van der Waals surface area contributed by atoms with Crippen LogP contribution in [-0.2, 0) is 12.7 Å². The number of fused-ring (bicyclic) bond motifs is 2. The molecule has 0 N–H and O–H groups in total. The molecule has 3 heterocycles. The van der Waals surface area contributed by atoms with E-state index in [1.807, 2.05) is 0 Å². The maximum atomic E-state index is 13.6. The van der Waals surface area contributed by atoms with E-state index in [1.54, 1.807) is 11.0 Å². The molecule has 0 aromatic heterocycles. The number of hydrogen-bond donors (Lipinski definition) is 0. The van der Waals surface area contributed by atoms with Gasteiger partial charge in [0.25, 0.3) is 5.91 Å². The molecule has 8 heteroatoms. The van der Waals surface area contributed by atoms with Crippen LogP contribution in [0.15, 0.2) is 18.2 Å². The Morgan fingerprint density at radius 3 is 2.42 bits per heavy atom. The Morgan fingerprint density at radius 1 is 0.921 bits per heavy atom. The number of nitrogens with zero attached hydrogens (tertiary/aromatic N) is 4. The molecule has 2 aliphatic carbocycles. The Hall–Kier alpha value is -1.64. The second-order valence-corrected chi connectivity index (χ2v) is 12.7. The van der Waals surface area contributed by atoms with Crippen molar-refractivity contribution in [2.24, 2.45) is 23.7 Å². The molecule has 6 rings (SSSR count). The smallest absolute Gasteiger partial charge is 0.331 e. The second-order valence-electron chi connectivity index (χ2n) is 12.7. The number of carbonyl (C=O) groups is 1. The van der Waals surface area contributed by atoms with Crippen LogP contribution in [0.2, 0.25) is 0 Å². The predicted octanol–water partition coefficient (Wildman–Crippen LogP) is 6.20. The van der Waals surface area contributed by atoms with Gasteiger partial charge >= 0.3 is 6.18 Å². The van der Waals surface area contributed by atoms with Crippen LogP contribution < -0.4 is 0 Å². The van der Waals surface area contributed by atoms with E-state index in [9.17, 15) is 18.0 Å². The third kappa shape index (κ3) is 4.79. The van der Waals surface area contributed by atoms with Crippen LogP contribution in [0.4, 0.5) is 13.2 Å². The van der Waals surface area contributed by atoms with Gasteiger partial charge < -0.3 is 4.90 Å². The van der Waals surface area contributed by atoms with Gasteiger partial charge in [-0.05, 0) is 74.1 Å².